The smallest absolute Gasteiger partial charge is 0.0740 e. The van der Waals surface area contributed by atoms with Crippen LogP contribution in [0.2, 0.25) is 0 Å². The number of thiophene rings is 1. The maximum atomic E-state index is 3.56. The van der Waals surface area contributed by atoms with Gasteiger partial charge in [0.15, 0.2) is 0 Å². The third-order valence-corrected chi connectivity index (χ3v) is 4.87. The Balaban J connectivity index is 2.97. The fourth-order valence-electron chi connectivity index (χ4n) is 1.22. The van der Waals surface area contributed by atoms with Crippen molar-refractivity contribution >= 4 is 59.9 Å². The second kappa shape index (κ2) is 3.27. The van der Waals surface area contributed by atoms with Gasteiger partial charge in [-0.25, -0.2) is 0 Å². The number of aryl methyl sites for hydroxylation is 1. The van der Waals surface area contributed by atoms with Crippen LogP contribution in [0.15, 0.2) is 22.0 Å². The van der Waals surface area contributed by atoms with Crippen LogP contribution < -0.4 is 0 Å². The van der Waals surface area contributed by atoms with Crippen molar-refractivity contribution in [3.8, 4) is 0 Å². The number of fused-ring (bicyclic) bond motifs is 1. The van der Waals surface area contributed by atoms with Crippen molar-refractivity contribution in [2.75, 3.05) is 0 Å². The zero-order chi connectivity index (χ0) is 8.72. The summed E-state index contributed by atoms with van der Waals surface area (Å²) in [6, 6.07) is 6.42. The number of rotatable bonds is 0. The molecule has 0 radical (unpaired) electrons. The summed E-state index contributed by atoms with van der Waals surface area (Å²) in [5, 5.41) is 1.40. The van der Waals surface area contributed by atoms with E-state index in [0.29, 0.717) is 0 Å². The molecule has 1 aromatic carbocycles. The molecule has 0 aliphatic heterocycles. The van der Waals surface area contributed by atoms with Crippen molar-refractivity contribution in [2.24, 2.45) is 0 Å². The molecule has 0 bridgehead atoms. The van der Waals surface area contributed by atoms with Gasteiger partial charge in [0.05, 0.1) is 3.79 Å². The third-order valence-electron chi connectivity index (χ3n) is 1.84. The van der Waals surface area contributed by atoms with E-state index in [1.807, 2.05) is 0 Å². The highest BCUT2D eigenvalue weighted by Crippen LogP contribution is 2.36. The van der Waals surface area contributed by atoms with Crippen LogP contribution in [-0.2, 0) is 0 Å². The van der Waals surface area contributed by atoms with Crippen LogP contribution in [0.5, 0.6) is 0 Å². The lowest BCUT2D eigenvalue weighted by Gasteiger charge is -1.94. The molecule has 62 valence electrons. The zero-order valence-corrected chi connectivity index (χ0v) is 11.0. The molecule has 12 heavy (non-hydrogen) atoms. The van der Waals surface area contributed by atoms with E-state index in [1.165, 1.54) is 23.0 Å². The fourth-order valence-corrected chi connectivity index (χ4v) is 3.99. The third kappa shape index (κ3) is 1.32. The predicted octanol–water partition coefficient (Wildman–Crippen LogP) is 4.58. The Morgan fingerprint density at radius 1 is 1.42 bits per heavy atom. The molecule has 0 aliphatic carbocycles. The van der Waals surface area contributed by atoms with Gasteiger partial charge in [0.1, 0.15) is 0 Å². The molecule has 0 amide bonds. The number of hydrogen-bond donors (Lipinski definition) is 0. The van der Waals surface area contributed by atoms with Crippen molar-refractivity contribution in [2.45, 2.75) is 6.92 Å². The van der Waals surface area contributed by atoms with E-state index in [2.05, 4.69) is 63.6 Å². The molecule has 0 N–H and O–H groups in total. The van der Waals surface area contributed by atoms with Gasteiger partial charge in [-0.3, -0.25) is 0 Å². The van der Waals surface area contributed by atoms with Crippen molar-refractivity contribution < 1.29 is 0 Å². The predicted molar refractivity (Wildman–Crippen MR) is 67.0 cm³/mol. The minimum Gasteiger partial charge on any atom is -0.128 e. The highest BCUT2D eigenvalue weighted by Gasteiger charge is 2.07. The van der Waals surface area contributed by atoms with Crippen LogP contribution in [0, 0.1) is 10.5 Å². The Kier molecular flexibility index (Phi) is 2.44. The Hall–Kier alpha value is 0.390. The van der Waals surface area contributed by atoms with E-state index in [-0.39, 0.29) is 0 Å². The average Bonchev–Trinajstić information content (AvgIpc) is 2.29. The van der Waals surface area contributed by atoms with Crippen LogP contribution in [0.3, 0.4) is 0 Å². The summed E-state index contributed by atoms with van der Waals surface area (Å²) < 4.78 is 3.96. The van der Waals surface area contributed by atoms with Gasteiger partial charge in [0, 0.05) is 13.7 Å². The van der Waals surface area contributed by atoms with Crippen LogP contribution >= 0.6 is 49.9 Å². The normalized spacial score (nSPS) is 10.9. The first-order valence-corrected chi connectivity index (χ1v) is 6.22. The summed E-state index contributed by atoms with van der Waals surface area (Å²) in [5.74, 6) is 0. The number of hydrogen-bond acceptors (Lipinski definition) is 1. The first-order valence-electron chi connectivity index (χ1n) is 3.53. The van der Waals surface area contributed by atoms with Crippen LogP contribution in [0.4, 0.5) is 0 Å². The largest absolute Gasteiger partial charge is 0.128 e. The van der Waals surface area contributed by atoms with Crippen molar-refractivity contribution in [3.63, 3.8) is 0 Å². The highest BCUT2D eigenvalue weighted by atomic mass is 127. The molecule has 0 fully saturated rings. The Bertz CT molecular complexity index is 433. The molecule has 0 atom stereocenters. The zero-order valence-electron chi connectivity index (χ0n) is 6.40. The number of halogens is 2. The van der Waals surface area contributed by atoms with E-state index >= 15 is 0 Å². The van der Waals surface area contributed by atoms with Crippen molar-refractivity contribution in [1.29, 1.82) is 0 Å². The second-order valence-corrected chi connectivity index (χ2v) is 6.15. The van der Waals surface area contributed by atoms with Gasteiger partial charge in [0.2, 0.25) is 0 Å². The van der Waals surface area contributed by atoms with Gasteiger partial charge in [-0.05, 0) is 63.1 Å². The number of benzene rings is 1. The van der Waals surface area contributed by atoms with Crippen LogP contribution in [-0.4, -0.2) is 0 Å². The summed E-state index contributed by atoms with van der Waals surface area (Å²) in [6.45, 7) is 2.16. The SMILES string of the molecule is Cc1c(Br)sc2cccc(I)c12. The lowest BCUT2D eigenvalue weighted by molar-refractivity contribution is 1.56. The molecule has 0 nitrogen and oxygen atoms in total. The minimum absolute atomic E-state index is 1.25. The molecular formula is C9H6BrIS. The molecule has 2 aromatic rings. The fraction of sp³-hybridized carbons (Fsp3) is 0.111. The topological polar surface area (TPSA) is 0 Å². The van der Waals surface area contributed by atoms with Gasteiger partial charge >= 0.3 is 0 Å². The average molecular weight is 353 g/mol. The first-order chi connectivity index (χ1) is 5.70. The Labute approximate surface area is 97.2 Å². The molecule has 1 aromatic heterocycles. The van der Waals surface area contributed by atoms with E-state index < -0.39 is 0 Å². The van der Waals surface area contributed by atoms with Gasteiger partial charge in [-0.15, -0.1) is 11.3 Å². The van der Waals surface area contributed by atoms with E-state index in [0.717, 1.165) is 0 Å². The Morgan fingerprint density at radius 2 is 2.17 bits per heavy atom. The standard InChI is InChI=1S/C9H6BrIS/c1-5-8-6(11)3-2-4-7(8)12-9(5)10/h2-4H,1H3. The van der Waals surface area contributed by atoms with Crippen molar-refractivity contribution in [3.05, 3.63) is 31.1 Å². The van der Waals surface area contributed by atoms with Crippen LogP contribution in [0.25, 0.3) is 10.1 Å². The Morgan fingerprint density at radius 3 is 2.83 bits per heavy atom. The summed E-state index contributed by atoms with van der Waals surface area (Å²) in [4.78, 5) is 0. The van der Waals surface area contributed by atoms with Crippen LogP contribution in [0.1, 0.15) is 5.56 Å². The summed E-state index contributed by atoms with van der Waals surface area (Å²) in [5.41, 5.74) is 1.36. The van der Waals surface area contributed by atoms with Crippen molar-refractivity contribution in [1.82, 2.24) is 0 Å². The summed E-state index contributed by atoms with van der Waals surface area (Å²) in [7, 11) is 0. The van der Waals surface area contributed by atoms with Gasteiger partial charge in [0.25, 0.3) is 0 Å². The highest BCUT2D eigenvalue weighted by molar-refractivity contribution is 14.1. The van der Waals surface area contributed by atoms with Gasteiger partial charge < -0.3 is 0 Å². The second-order valence-electron chi connectivity index (χ2n) is 2.61. The molecule has 3 heteroatoms. The molecule has 1 heterocycles. The molecule has 0 spiro atoms. The lowest BCUT2D eigenvalue weighted by Crippen LogP contribution is -1.73. The van der Waals surface area contributed by atoms with E-state index in [1.54, 1.807) is 11.3 Å². The maximum absolute atomic E-state index is 3.56. The minimum atomic E-state index is 1.25. The quantitative estimate of drug-likeness (QED) is 0.609. The summed E-state index contributed by atoms with van der Waals surface area (Å²) in [6.07, 6.45) is 0. The summed E-state index contributed by atoms with van der Waals surface area (Å²) >= 11 is 7.75. The van der Waals surface area contributed by atoms with E-state index in [4.69, 9.17) is 0 Å². The molecular weight excluding hydrogens is 347 g/mol. The molecule has 0 aliphatic rings. The molecule has 0 saturated heterocycles. The van der Waals surface area contributed by atoms with Gasteiger partial charge in [-0.1, -0.05) is 6.07 Å². The maximum Gasteiger partial charge on any atom is 0.0740 e. The molecule has 0 saturated carbocycles. The molecule has 0 unspecified atom stereocenters. The first kappa shape index (κ1) is 8.97. The monoisotopic (exact) mass is 352 g/mol. The lowest BCUT2D eigenvalue weighted by atomic mass is 10.2. The van der Waals surface area contributed by atoms with E-state index in [9.17, 15) is 0 Å². The van der Waals surface area contributed by atoms with Gasteiger partial charge in [-0.2, -0.15) is 0 Å². The molecule has 2 rings (SSSR count).